The lowest BCUT2D eigenvalue weighted by molar-refractivity contribution is 0.0928. The molecule has 86 valence electrons. The molecular formula is C10H12ClN3O2. The number of ether oxygens (including phenoxy) is 1. The van der Waals surface area contributed by atoms with Crippen molar-refractivity contribution in [2.75, 3.05) is 11.9 Å². The number of halogens is 1. The Hall–Kier alpha value is -1.33. The number of nitrogens with zero attached hydrogens (tertiary/aromatic N) is 1. The Labute approximate surface area is 98.1 Å². The van der Waals surface area contributed by atoms with Gasteiger partial charge in [-0.05, 0) is 25.0 Å². The van der Waals surface area contributed by atoms with Gasteiger partial charge >= 0.3 is 6.03 Å². The standard InChI is InChI=1S/C10H12ClN3O2/c11-9-7(3-1-5-12-9)13-10(15)14-8-4-2-6-16-8/h1,3,5,8H,2,4,6H2,(H2,13,14,15). The fraction of sp³-hybridized carbons (Fsp3) is 0.400. The van der Waals surface area contributed by atoms with Crippen LogP contribution in [0.3, 0.4) is 0 Å². The van der Waals surface area contributed by atoms with Gasteiger partial charge in [0.25, 0.3) is 0 Å². The maximum atomic E-state index is 11.5. The van der Waals surface area contributed by atoms with Crippen LogP contribution < -0.4 is 10.6 Å². The van der Waals surface area contributed by atoms with E-state index < -0.39 is 0 Å². The molecule has 2 N–H and O–H groups in total. The van der Waals surface area contributed by atoms with E-state index in [1.165, 1.54) is 0 Å². The van der Waals surface area contributed by atoms with Crippen molar-refractivity contribution in [3.8, 4) is 0 Å². The second-order valence-corrected chi connectivity index (χ2v) is 3.80. The summed E-state index contributed by atoms with van der Waals surface area (Å²) in [6.07, 6.45) is 3.17. The molecule has 0 saturated carbocycles. The molecule has 1 saturated heterocycles. The van der Waals surface area contributed by atoms with Gasteiger partial charge in [0.2, 0.25) is 0 Å². The van der Waals surface area contributed by atoms with Crippen LogP contribution in [0.25, 0.3) is 0 Å². The molecule has 2 rings (SSSR count). The molecule has 2 heterocycles. The zero-order chi connectivity index (χ0) is 11.4. The Bertz CT molecular complexity index is 380. The highest BCUT2D eigenvalue weighted by atomic mass is 35.5. The molecule has 1 unspecified atom stereocenters. The van der Waals surface area contributed by atoms with Crippen LogP contribution >= 0.6 is 11.6 Å². The van der Waals surface area contributed by atoms with Crippen LogP contribution in [0.4, 0.5) is 10.5 Å². The van der Waals surface area contributed by atoms with Gasteiger partial charge in [-0.3, -0.25) is 0 Å². The van der Waals surface area contributed by atoms with E-state index in [0.717, 1.165) is 12.8 Å². The number of nitrogens with one attached hydrogen (secondary N) is 2. The third kappa shape index (κ3) is 2.84. The lowest BCUT2D eigenvalue weighted by Gasteiger charge is -2.13. The van der Waals surface area contributed by atoms with Gasteiger partial charge in [0, 0.05) is 12.8 Å². The van der Waals surface area contributed by atoms with Crippen LogP contribution in [0.2, 0.25) is 5.15 Å². The smallest absolute Gasteiger partial charge is 0.321 e. The Morgan fingerprint density at radius 1 is 1.62 bits per heavy atom. The third-order valence-corrected chi connectivity index (χ3v) is 2.53. The fourth-order valence-corrected chi connectivity index (χ4v) is 1.64. The van der Waals surface area contributed by atoms with E-state index in [4.69, 9.17) is 16.3 Å². The van der Waals surface area contributed by atoms with E-state index in [9.17, 15) is 4.79 Å². The molecule has 0 radical (unpaired) electrons. The Balaban J connectivity index is 1.89. The molecule has 1 aromatic rings. The Kier molecular flexibility index (Phi) is 3.58. The predicted molar refractivity (Wildman–Crippen MR) is 60.4 cm³/mol. The number of amides is 2. The van der Waals surface area contributed by atoms with Crippen LogP contribution in [0.5, 0.6) is 0 Å². The van der Waals surface area contributed by atoms with Crippen LogP contribution in [0.15, 0.2) is 18.3 Å². The molecule has 1 aliphatic heterocycles. The summed E-state index contributed by atoms with van der Waals surface area (Å²) in [7, 11) is 0. The minimum absolute atomic E-state index is 0.199. The first kappa shape index (κ1) is 11.2. The molecule has 2 amide bonds. The first-order chi connectivity index (χ1) is 7.75. The molecule has 6 heteroatoms. The molecule has 5 nitrogen and oxygen atoms in total. The van der Waals surface area contributed by atoms with Gasteiger partial charge in [0.05, 0.1) is 5.69 Å². The Morgan fingerprint density at radius 2 is 2.50 bits per heavy atom. The number of pyridine rings is 1. The number of hydrogen-bond donors (Lipinski definition) is 2. The number of carbonyl (C=O) groups is 1. The zero-order valence-electron chi connectivity index (χ0n) is 8.57. The molecule has 1 aliphatic rings. The Morgan fingerprint density at radius 3 is 3.19 bits per heavy atom. The second kappa shape index (κ2) is 5.14. The van der Waals surface area contributed by atoms with E-state index in [2.05, 4.69) is 15.6 Å². The monoisotopic (exact) mass is 241 g/mol. The van der Waals surface area contributed by atoms with Crippen molar-refractivity contribution in [1.82, 2.24) is 10.3 Å². The topological polar surface area (TPSA) is 63.2 Å². The normalized spacial score (nSPS) is 19.4. The number of hydrogen-bond acceptors (Lipinski definition) is 3. The molecule has 0 spiro atoms. The molecule has 0 aromatic carbocycles. The highest BCUT2D eigenvalue weighted by Crippen LogP contribution is 2.17. The lowest BCUT2D eigenvalue weighted by atomic mass is 10.3. The van der Waals surface area contributed by atoms with Gasteiger partial charge in [0.1, 0.15) is 6.23 Å². The molecule has 1 atom stereocenters. The molecule has 1 fully saturated rings. The second-order valence-electron chi connectivity index (χ2n) is 3.44. The molecular weight excluding hydrogens is 230 g/mol. The highest BCUT2D eigenvalue weighted by molar-refractivity contribution is 6.32. The summed E-state index contributed by atoms with van der Waals surface area (Å²) in [6.45, 7) is 0.693. The SMILES string of the molecule is O=C(Nc1cccnc1Cl)NC1CCCO1. The molecule has 16 heavy (non-hydrogen) atoms. The number of urea groups is 1. The lowest BCUT2D eigenvalue weighted by Crippen LogP contribution is -2.37. The predicted octanol–water partition coefficient (Wildman–Crippen LogP) is 1.99. The number of anilines is 1. The summed E-state index contributed by atoms with van der Waals surface area (Å²) in [5.41, 5.74) is 0.486. The summed E-state index contributed by atoms with van der Waals surface area (Å²) in [6, 6.07) is 3.06. The van der Waals surface area contributed by atoms with Crippen molar-refractivity contribution >= 4 is 23.3 Å². The van der Waals surface area contributed by atoms with E-state index in [-0.39, 0.29) is 17.4 Å². The van der Waals surface area contributed by atoms with Crippen molar-refractivity contribution in [1.29, 1.82) is 0 Å². The number of rotatable bonds is 2. The summed E-state index contributed by atoms with van der Waals surface area (Å²) >= 11 is 5.80. The summed E-state index contributed by atoms with van der Waals surface area (Å²) in [5, 5.41) is 5.58. The van der Waals surface area contributed by atoms with Crippen LogP contribution in [0.1, 0.15) is 12.8 Å². The van der Waals surface area contributed by atoms with E-state index in [0.29, 0.717) is 12.3 Å². The largest absolute Gasteiger partial charge is 0.358 e. The van der Waals surface area contributed by atoms with E-state index in [1.54, 1.807) is 18.3 Å². The van der Waals surface area contributed by atoms with Gasteiger partial charge in [0.15, 0.2) is 5.15 Å². The molecule has 1 aromatic heterocycles. The average molecular weight is 242 g/mol. The minimum Gasteiger partial charge on any atom is -0.358 e. The third-order valence-electron chi connectivity index (χ3n) is 2.23. The van der Waals surface area contributed by atoms with Gasteiger partial charge in [-0.15, -0.1) is 0 Å². The maximum absolute atomic E-state index is 11.5. The number of aromatic nitrogens is 1. The van der Waals surface area contributed by atoms with Crippen molar-refractivity contribution in [2.24, 2.45) is 0 Å². The molecule has 0 bridgehead atoms. The summed E-state index contributed by atoms with van der Waals surface area (Å²) in [5.74, 6) is 0. The van der Waals surface area contributed by atoms with E-state index in [1.807, 2.05) is 0 Å². The van der Waals surface area contributed by atoms with Crippen molar-refractivity contribution in [2.45, 2.75) is 19.1 Å². The van der Waals surface area contributed by atoms with Crippen molar-refractivity contribution < 1.29 is 9.53 Å². The van der Waals surface area contributed by atoms with Gasteiger partial charge in [-0.1, -0.05) is 11.6 Å². The van der Waals surface area contributed by atoms with Crippen molar-refractivity contribution in [3.63, 3.8) is 0 Å². The summed E-state index contributed by atoms with van der Waals surface area (Å²) < 4.78 is 5.27. The fourth-order valence-electron chi connectivity index (χ4n) is 1.48. The van der Waals surface area contributed by atoms with Gasteiger partial charge in [-0.25, -0.2) is 9.78 Å². The van der Waals surface area contributed by atoms with E-state index >= 15 is 0 Å². The van der Waals surface area contributed by atoms with Crippen LogP contribution in [-0.2, 0) is 4.74 Å². The van der Waals surface area contributed by atoms with Crippen LogP contribution in [-0.4, -0.2) is 23.8 Å². The first-order valence-corrected chi connectivity index (χ1v) is 5.43. The maximum Gasteiger partial charge on any atom is 0.321 e. The minimum atomic E-state index is -0.332. The average Bonchev–Trinajstić information content (AvgIpc) is 2.74. The summed E-state index contributed by atoms with van der Waals surface area (Å²) in [4.78, 5) is 15.4. The van der Waals surface area contributed by atoms with Crippen molar-refractivity contribution in [3.05, 3.63) is 23.5 Å². The van der Waals surface area contributed by atoms with Crippen LogP contribution in [0, 0.1) is 0 Å². The van der Waals surface area contributed by atoms with Gasteiger partial charge < -0.3 is 15.4 Å². The highest BCUT2D eigenvalue weighted by Gasteiger charge is 2.17. The number of carbonyl (C=O) groups excluding carboxylic acids is 1. The zero-order valence-corrected chi connectivity index (χ0v) is 9.33. The first-order valence-electron chi connectivity index (χ1n) is 5.05. The molecule has 0 aliphatic carbocycles. The quantitative estimate of drug-likeness (QED) is 0.779. The van der Waals surface area contributed by atoms with Gasteiger partial charge in [-0.2, -0.15) is 0 Å².